The monoisotopic (exact) mass is 410 g/mol. The standard InChI is InChI=1S/C16H15BrN2O4S/c17-13-8-7-11(24(22,23)19-10-5-6-10)9-12(13)16(21)18-14-3-1-2-4-15(14)20/h1-4,7-10,19-20H,5-6H2,(H,18,21). The summed E-state index contributed by atoms with van der Waals surface area (Å²) in [7, 11) is -3.65. The highest BCUT2D eigenvalue weighted by Crippen LogP contribution is 2.27. The number of aromatic hydroxyl groups is 1. The first kappa shape index (κ1) is 16.9. The van der Waals surface area contributed by atoms with Gasteiger partial charge in [-0.25, -0.2) is 13.1 Å². The second-order valence-corrected chi connectivity index (χ2v) is 8.08. The van der Waals surface area contributed by atoms with Crippen LogP contribution in [-0.2, 0) is 10.0 Å². The van der Waals surface area contributed by atoms with Crippen LogP contribution in [0, 0.1) is 0 Å². The maximum absolute atomic E-state index is 12.4. The average molecular weight is 411 g/mol. The fourth-order valence-electron chi connectivity index (χ4n) is 2.10. The SMILES string of the molecule is O=C(Nc1ccccc1O)c1cc(S(=O)(=O)NC2CC2)ccc1Br. The topological polar surface area (TPSA) is 95.5 Å². The van der Waals surface area contributed by atoms with Crippen LogP contribution in [0.4, 0.5) is 5.69 Å². The smallest absolute Gasteiger partial charge is 0.256 e. The largest absolute Gasteiger partial charge is 0.506 e. The van der Waals surface area contributed by atoms with Crippen LogP contribution in [0.15, 0.2) is 51.8 Å². The second-order valence-electron chi connectivity index (χ2n) is 5.51. The summed E-state index contributed by atoms with van der Waals surface area (Å²) in [6.07, 6.45) is 1.66. The van der Waals surface area contributed by atoms with Crippen molar-refractivity contribution < 1.29 is 18.3 Å². The van der Waals surface area contributed by atoms with Crippen LogP contribution in [0.5, 0.6) is 5.75 Å². The van der Waals surface area contributed by atoms with Gasteiger partial charge >= 0.3 is 0 Å². The minimum absolute atomic E-state index is 0.0165. The molecule has 0 bridgehead atoms. The molecule has 0 spiro atoms. The maximum Gasteiger partial charge on any atom is 0.256 e. The summed E-state index contributed by atoms with van der Waals surface area (Å²) in [5, 5.41) is 12.3. The Kier molecular flexibility index (Phi) is 4.62. The number of anilines is 1. The minimum atomic E-state index is -3.65. The van der Waals surface area contributed by atoms with Gasteiger partial charge in [0.15, 0.2) is 0 Å². The average Bonchev–Trinajstić information content (AvgIpc) is 3.33. The summed E-state index contributed by atoms with van der Waals surface area (Å²) < 4.78 is 27.6. The van der Waals surface area contributed by atoms with Gasteiger partial charge in [0.25, 0.3) is 5.91 Å². The van der Waals surface area contributed by atoms with E-state index in [2.05, 4.69) is 26.0 Å². The highest BCUT2D eigenvalue weighted by molar-refractivity contribution is 9.10. The molecule has 2 aromatic rings. The van der Waals surface area contributed by atoms with E-state index in [1.807, 2.05) is 0 Å². The first-order valence-electron chi connectivity index (χ1n) is 7.28. The Hall–Kier alpha value is -1.90. The quantitative estimate of drug-likeness (QED) is 0.660. The minimum Gasteiger partial charge on any atom is -0.506 e. The molecule has 0 heterocycles. The lowest BCUT2D eigenvalue weighted by molar-refractivity contribution is 0.102. The molecule has 126 valence electrons. The molecule has 1 saturated carbocycles. The van der Waals surface area contributed by atoms with Gasteiger partial charge in [0.05, 0.1) is 16.1 Å². The molecule has 1 aliphatic carbocycles. The van der Waals surface area contributed by atoms with Crippen molar-refractivity contribution in [2.24, 2.45) is 0 Å². The molecule has 24 heavy (non-hydrogen) atoms. The van der Waals surface area contributed by atoms with Gasteiger partial charge in [-0.05, 0) is 59.1 Å². The van der Waals surface area contributed by atoms with Crippen molar-refractivity contribution in [1.82, 2.24) is 4.72 Å². The Morgan fingerprint density at radius 2 is 1.88 bits per heavy atom. The molecule has 0 unspecified atom stereocenters. The number of phenolic OH excluding ortho intramolecular Hbond substituents is 1. The number of nitrogens with one attached hydrogen (secondary N) is 2. The molecule has 0 aromatic heterocycles. The third-order valence-electron chi connectivity index (χ3n) is 3.54. The Bertz CT molecular complexity index is 895. The number of rotatable bonds is 5. The summed E-state index contributed by atoms with van der Waals surface area (Å²) in [5.41, 5.74) is 0.413. The van der Waals surface area contributed by atoms with Gasteiger partial charge in [-0.3, -0.25) is 4.79 Å². The van der Waals surface area contributed by atoms with Gasteiger partial charge < -0.3 is 10.4 Å². The number of benzene rings is 2. The number of halogens is 1. The summed E-state index contributed by atoms with van der Waals surface area (Å²) in [4.78, 5) is 12.5. The van der Waals surface area contributed by atoms with Crippen LogP contribution in [-0.4, -0.2) is 25.5 Å². The van der Waals surface area contributed by atoms with Crippen molar-refractivity contribution in [3.05, 3.63) is 52.5 Å². The van der Waals surface area contributed by atoms with Gasteiger partial charge in [-0.15, -0.1) is 0 Å². The van der Waals surface area contributed by atoms with E-state index in [1.54, 1.807) is 18.2 Å². The highest BCUT2D eigenvalue weighted by atomic mass is 79.9. The summed E-state index contributed by atoms with van der Waals surface area (Å²) in [6, 6.07) is 10.6. The second kappa shape index (κ2) is 6.54. The van der Waals surface area contributed by atoms with Crippen molar-refractivity contribution in [2.75, 3.05) is 5.32 Å². The van der Waals surface area contributed by atoms with E-state index in [0.29, 0.717) is 4.47 Å². The highest BCUT2D eigenvalue weighted by Gasteiger charge is 2.28. The normalized spacial score (nSPS) is 14.4. The van der Waals surface area contributed by atoms with E-state index in [0.717, 1.165) is 12.8 Å². The summed E-state index contributed by atoms with van der Waals surface area (Å²) in [6.45, 7) is 0. The zero-order valence-corrected chi connectivity index (χ0v) is 14.9. The first-order chi connectivity index (χ1) is 11.4. The Labute approximate surface area is 148 Å². The molecular formula is C16H15BrN2O4S. The van der Waals surface area contributed by atoms with Gasteiger partial charge in [0.1, 0.15) is 5.75 Å². The molecule has 0 radical (unpaired) electrons. The van der Waals surface area contributed by atoms with Crippen LogP contribution < -0.4 is 10.0 Å². The number of hydrogen-bond donors (Lipinski definition) is 3. The van der Waals surface area contributed by atoms with Gasteiger partial charge in [0.2, 0.25) is 10.0 Å². The van der Waals surface area contributed by atoms with E-state index in [4.69, 9.17) is 0 Å². The van der Waals surface area contributed by atoms with E-state index in [-0.39, 0.29) is 27.9 Å². The summed E-state index contributed by atoms with van der Waals surface area (Å²) in [5.74, 6) is -0.590. The molecule has 1 aliphatic rings. The summed E-state index contributed by atoms with van der Waals surface area (Å²) >= 11 is 3.25. The molecule has 8 heteroatoms. The zero-order chi connectivity index (χ0) is 17.3. The number of hydrogen-bond acceptors (Lipinski definition) is 4. The number of carbonyl (C=O) groups excluding carboxylic acids is 1. The van der Waals surface area contributed by atoms with Crippen molar-refractivity contribution >= 4 is 37.5 Å². The third kappa shape index (κ3) is 3.77. The molecule has 2 aromatic carbocycles. The van der Waals surface area contributed by atoms with Crippen LogP contribution in [0.3, 0.4) is 0 Å². The molecule has 0 saturated heterocycles. The molecule has 6 nitrogen and oxygen atoms in total. The van der Waals surface area contributed by atoms with E-state index in [9.17, 15) is 18.3 Å². The predicted octanol–water partition coefficient (Wildman–Crippen LogP) is 2.85. The number of para-hydroxylation sites is 2. The van der Waals surface area contributed by atoms with Crippen molar-refractivity contribution in [2.45, 2.75) is 23.8 Å². The van der Waals surface area contributed by atoms with Crippen LogP contribution in [0.25, 0.3) is 0 Å². The van der Waals surface area contributed by atoms with Gasteiger partial charge in [-0.2, -0.15) is 0 Å². The van der Waals surface area contributed by atoms with E-state index >= 15 is 0 Å². The van der Waals surface area contributed by atoms with E-state index < -0.39 is 15.9 Å². The molecule has 0 atom stereocenters. The number of sulfonamides is 1. The number of amides is 1. The van der Waals surface area contributed by atoms with Crippen molar-refractivity contribution in [3.8, 4) is 5.75 Å². The molecule has 1 fully saturated rings. The first-order valence-corrected chi connectivity index (χ1v) is 9.56. The van der Waals surface area contributed by atoms with Crippen molar-refractivity contribution in [3.63, 3.8) is 0 Å². The third-order valence-corrected chi connectivity index (χ3v) is 5.75. The van der Waals surface area contributed by atoms with E-state index in [1.165, 1.54) is 24.3 Å². The Morgan fingerprint density at radius 1 is 1.17 bits per heavy atom. The molecular weight excluding hydrogens is 396 g/mol. The lowest BCUT2D eigenvalue weighted by Crippen LogP contribution is -2.26. The van der Waals surface area contributed by atoms with Crippen LogP contribution in [0.1, 0.15) is 23.2 Å². The number of phenols is 1. The van der Waals surface area contributed by atoms with Crippen molar-refractivity contribution in [1.29, 1.82) is 0 Å². The zero-order valence-electron chi connectivity index (χ0n) is 12.5. The fraction of sp³-hybridized carbons (Fsp3) is 0.188. The Morgan fingerprint density at radius 3 is 2.54 bits per heavy atom. The predicted molar refractivity (Wildman–Crippen MR) is 93.5 cm³/mol. The van der Waals surface area contributed by atoms with Crippen LogP contribution in [0.2, 0.25) is 0 Å². The lowest BCUT2D eigenvalue weighted by atomic mass is 10.2. The molecule has 3 rings (SSSR count). The maximum atomic E-state index is 12.4. The van der Waals surface area contributed by atoms with Gasteiger partial charge in [-0.1, -0.05) is 12.1 Å². The fourth-order valence-corrected chi connectivity index (χ4v) is 3.86. The van der Waals surface area contributed by atoms with Gasteiger partial charge in [0, 0.05) is 10.5 Å². The number of carbonyl (C=O) groups is 1. The van der Waals surface area contributed by atoms with Crippen LogP contribution >= 0.6 is 15.9 Å². The molecule has 0 aliphatic heterocycles. The molecule has 3 N–H and O–H groups in total. The Balaban J connectivity index is 1.88. The lowest BCUT2D eigenvalue weighted by Gasteiger charge is -2.11. The molecule has 1 amide bonds.